The fraction of sp³-hybridized carbons (Fsp3) is 0.500. The van der Waals surface area contributed by atoms with Crippen LogP contribution in [0.3, 0.4) is 0 Å². The van der Waals surface area contributed by atoms with Crippen molar-refractivity contribution in [2.24, 2.45) is 10.1 Å². The second kappa shape index (κ2) is 9.42. The summed E-state index contributed by atoms with van der Waals surface area (Å²) in [5.74, 6) is 1.08. The molecule has 1 aromatic heterocycles. The Balaban J connectivity index is 2.63. The molecular formula is C20H28ClN3O2S. The molecule has 0 unspecified atom stereocenters. The molecule has 2 rings (SSSR count). The van der Waals surface area contributed by atoms with Gasteiger partial charge in [0.05, 0.1) is 12.7 Å². The number of aryl methyl sites for hydroxylation is 1. The Kier molecular flexibility index (Phi) is 7.50. The van der Waals surface area contributed by atoms with E-state index in [1.54, 1.807) is 36.6 Å². The molecule has 0 atom stereocenters. The van der Waals surface area contributed by atoms with Gasteiger partial charge in [-0.1, -0.05) is 50.9 Å². The number of halogens is 1. The van der Waals surface area contributed by atoms with Crippen LogP contribution in [0.25, 0.3) is 0 Å². The monoisotopic (exact) mass is 409 g/mol. The van der Waals surface area contributed by atoms with E-state index in [9.17, 15) is 0 Å². The molecule has 0 fully saturated rings. The Hall–Kier alpha value is -1.79. The zero-order valence-corrected chi connectivity index (χ0v) is 18.4. The Morgan fingerprint density at radius 1 is 1.26 bits per heavy atom. The van der Waals surface area contributed by atoms with Gasteiger partial charge < -0.3 is 14.1 Å². The number of unbranched alkanes of at least 4 members (excludes halogenated alkanes) is 1. The van der Waals surface area contributed by atoms with Gasteiger partial charge in [0.25, 0.3) is 0 Å². The van der Waals surface area contributed by atoms with Crippen LogP contribution in [0.4, 0.5) is 0 Å². The zero-order chi connectivity index (χ0) is 20.0. The normalized spacial score (nSPS) is 13.1. The van der Waals surface area contributed by atoms with Gasteiger partial charge in [0, 0.05) is 22.6 Å². The lowest BCUT2D eigenvalue weighted by molar-refractivity contribution is 0.213. The van der Waals surface area contributed by atoms with Crippen molar-refractivity contribution in [1.82, 2.24) is 4.57 Å². The number of thiazole rings is 1. The quantitative estimate of drug-likeness (QED) is 0.373. The molecule has 148 valence electrons. The van der Waals surface area contributed by atoms with Crippen LogP contribution in [0.2, 0.25) is 5.02 Å². The summed E-state index contributed by atoms with van der Waals surface area (Å²) in [5, 5.41) is 4.73. The molecule has 1 heterocycles. The summed E-state index contributed by atoms with van der Waals surface area (Å²) in [6, 6.07) is 5.37. The van der Waals surface area contributed by atoms with Gasteiger partial charge in [0.15, 0.2) is 4.80 Å². The first kappa shape index (κ1) is 21.5. The number of benzene rings is 1. The molecule has 7 heteroatoms. The second-order valence-electron chi connectivity index (χ2n) is 7.23. The standard InChI is InChI=1S/C20H28ClN3O2S/c1-7-8-11-24-13-17(20(2,3)4)27-19(24)22-18(23-26-6)15-12-14(21)9-10-16(15)25-5/h9-10,12-13H,7-8,11H2,1-6H3/b22-19-,23-18+. The number of hydrogen-bond donors (Lipinski definition) is 0. The van der Waals surface area contributed by atoms with Crippen LogP contribution in [0.15, 0.2) is 34.5 Å². The lowest BCUT2D eigenvalue weighted by atomic mass is 9.95. The van der Waals surface area contributed by atoms with E-state index < -0.39 is 0 Å². The van der Waals surface area contributed by atoms with Crippen LogP contribution in [0.1, 0.15) is 51.0 Å². The van der Waals surface area contributed by atoms with Gasteiger partial charge in [-0.3, -0.25) is 0 Å². The van der Waals surface area contributed by atoms with Crippen molar-refractivity contribution in [3.63, 3.8) is 0 Å². The van der Waals surface area contributed by atoms with Gasteiger partial charge in [-0.25, -0.2) is 0 Å². The highest BCUT2D eigenvalue weighted by atomic mass is 35.5. The van der Waals surface area contributed by atoms with Crippen LogP contribution in [0, 0.1) is 0 Å². The highest BCUT2D eigenvalue weighted by molar-refractivity contribution is 7.09. The van der Waals surface area contributed by atoms with Crippen molar-refractivity contribution in [1.29, 1.82) is 0 Å². The summed E-state index contributed by atoms with van der Waals surface area (Å²) < 4.78 is 7.65. The van der Waals surface area contributed by atoms with E-state index in [4.69, 9.17) is 26.2 Å². The molecule has 0 aliphatic carbocycles. The Morgan fingerprint density at radius 3 is 2.59 bits per heavy atom. The van der Waals surface area contributed by atoms with Crippen LogP contribution >= 0.6 is 22.9 Å². The van der Waals surface area contributed by atoms with Gasteiger partial charge in [0.2, 0.25) is 5.84 Å². The van der Waals surface area contributed by atoms with E-state index in [0.29, 0.717) is 22.2 Å². The van der Waals surface area contributed by atoms with Crippen molar-refractivity contribution >= 4 is 28.8 Å². The molecule has 0 aliphatic rings. The molecule has 0 saturated heterocycles. The van der Waals surface area contributed by atoms with Crippen molar-refractivity contribution in [3.05, 3.63) is 44.7 Å². The van der Waals surface area contributed by atoms with E-state index in [1.807, 2.05) is 0 Å². The number of rotatable bonds is 6. The third-order valence-corrected chi connectivity index (χ3v) is 5.67. The molecule has 0 saturated carbocycles. The van der Waals surface area contributed by atoms with Gasteiger partial charge in [-0.2, -0.15) is 4.99 Å². The molecule has 27 heavy (non-hydrogen) atoms. The lowest BCUT2D eigenvalue weighted by Crippen LogP contribution is -2.17. The van der Waals surface area contributed by atoms with E-state index in [-0.39, 0.29) is 5.41 Å². The van der Waals surface area contributed by atoms with Gasteiger partial charge >= 0.3 is 0 Å². The maximum Gasteiger partial charge on any atom is 0.205 e. The highest BCUT2D eigenvalue weighted by Crippen LogP contribution is 2.26. The van der Waals surface area contributed by atoms with E-state index in [1.165, 1.54) is 12.0 Å². The van der Waals surface area contributed by atoms with Crippen LogP contribution in [0.5, 0.6) is 5.75 Å². The summed E-state index contributed by atoms with van der Waals surface area (Å²) in [6.45, 7) is 9.71. The van der Waals surface area contributed by atoms with Crippen molar-refractivity contribution in [3.8, 4) is 5.75 Å². The summed E-state index contributed by atoms with van der Waals surface area (Å²) in [7, 11) is 3.12. The first-order valence-electron chi connectivity index (χ1n) is 9.00. The number of amidine groups is 1. The minimum Gasteiger partial charge on any atom is -0.496 e. The number of aromatic nitrogens is 1. The minimum atomic E-state index is 0.0543. The molecular weight excluding hydrogens is 382 g/mol. The first-order valence-corrected chi connectivity index (χ1v) is 10.2. The van der Waals surface area contributed by atoms with Crippen LogP contribution in [-0.4, -0.2) is 24.6 Å². The molecule has 0 N–H and O–H groups in total. The second-order valence-corrected chi connectivity index (χ2v) is 8.67. The van der Waals surface area contributed by atoms with Crippen LogP contribution < -0.4 is 9.54 Å². The minimum absolute atomic E-state index is 0.0543. The van der Waals surface area contributed by atoms with E-state index in [2.05, 4.69) is 43.6 Å². The van der Waals surface area contributed by atoms with E-state index >= 15 is 0 Å². The number of nitrogens with zero attached hydrogens (tertiary/aromatic N) is 3. The molecule has 1 aromatic carbocycles. The van der Waals surface area contributed by atoms with Crippen molar-refractivity contribution in [2.75, 3.05) is 14.2 Å². The maximum absolute atomic E-state index is 6.19. The SMILES string of the molecule is CCCCn1cc(C(C)(C)C)s/c1=N\C(=N\OC)c1cc(Cl)ccc1OC. The molecule has 0 bridgehead atoms. The summed E-state index contributed by atoms with van der Waals surface area (Å²) in [6.07, 6.45) is 4.40. The maximum atomic E-state index is 6.19. The number of methoxy groups -OCH3 is 1. The summed E-state index contributed by atoms with van der Waals surface area (Å²) in [4.78, 5) is 12.0. The Bertz CT molecular complexity index is 863. The summed E-state index contributed by atoms with van der Waals surface area (Å²) in [5.41, 5.74) is 0.748. The molecule has 0 spiro atoms. The highest BCUT2D eigenvalue weighted by Gasteiger charge is 2.19. The van der Waals surface area contributed by atoms with E-state index in [0.717, 1.165) is 24.2 Å². The zero-order valence-electron chi connectivity index (χ0n) is 16.9. The predicted molar refractivity (Wildman–Crippen MR) is 113 cm³/mol. The molecule has 2 aromatic rings. The van der Waals surface area contributed by atoms with Gasteiger partial charge in [0.1, 0.15) is 12.9 Å². The van der Waals surface area contributed by atoms with Crippen LogP contribution in [-0.2, 0) is 16.8 Å². The van der Waals surface area contributed by atoms with Crippen molar-refractivity contribution < 1.29 is 9.57 Å². The summed E-state index contributed by atoms with van der Waals surface area (Å²) >= 11 is 7.86. The number of hydrogen-bond acceptors (Lipinski definition) is 4. The number of ether oxygens (including phenoxy) is 1. The molecule has 0 amide bonds. The average Bonchev–Trinajstić information content (AvgIpc) is 3.02. The largest absolute Gasteiger partial charge is 0.496 e. The Labute approximate surface area is 170 Å². The topological polar surface area (TPSA) is 48.1 Å². The third kappa shape index (κ3) is 5.59. The fourth-order valence-corrected chi connectivity index (χ4v) is 3.71. The van der Waals surface area contributed by atoms with Crippen molar-refractivity contribution in [2.45, 2.75) is 52.5 Å². The first-order chi connectivity index (χ1) is 12.8. The van der Waals surface area contributed by atoms with Gasteiger partial charge in [-0.15, -0.1) is 11.3 Å². The fourth-order valence-electron chi connectivity index (χ4n) is 2.46. The third-order valence-electron chi connectivity index (χ3n) is 3.99. The predicted octanol–water partition coefficient (Wildman–Crippen LogP) is 5.22. The number of oxime groups is 1. The Morgan fingerprint density at radius 2 is 2.00 bits per heavy atom. The smallest absolute Gasteiger partial charge is 0.205 e. The van der Waals surface area contributed by atoms with Gasteiger partial charge in [-0.05, 0) is 30.0 Å². The average molecular weight is 410 g/mol. The molecule has 0 radical (unpaired) electrons. The lowest BCUT2D eigenvalue weighted by Gasteiger charge is -2.14. The molecule has 0 aliphatic heterocycles. The molecule has 5 nitrogen and oxygen atoms in total.